The van der Waals surface area contributed by atoms with Gasteiger partial charge in [-0.1, -0.05) is 12.1 Å². The normalized spacial score (nSPS) is 15.1. The summed E-state index contributed by atoms with van der Waals surface area (Å²) in [5.41, 5.74) is 1.17. The van der Waals surface area contributed by atoms with Crippen LogP contribution in [-0.4, -0.2) is 35.0 Å². The van der Waals surface area contributed by atoms with E-state index in [4.69, 9.17) is 14.2 Å². The SMILES string of the molecule is CCOc1ccc(C(=O)Nc2cnn(CC3COc4ccccc4O3)c2)cc1. The standard InChI is InChI=1S/C21H21N3O4/c1-2-26-17-9-7-15(8-10-17)21(25)23-16-11-22-24(12-16)13-18-14-27-19-5-3-4-6-20(19)28-18/h3-12,18H,2,13-14H2,1H3,(H,23,25). The van der Waals surface area contributed by atoms with Crippen LogP contribution in [0.1, 0.15) is 17.3 Å². The Kier molecular flexibility index (Phi) is 5.14. The number of nitrogens with zero attached hydrogens (tertiary/aromatic N) is 2. The zero-order chi connectivity index (χ0) is 19.3. The Hall–Kier alpha value is -3.48. The van der Waals surface area contributed by atoms with Gasteiger partial charge in [0.2, 0.25) is 0 Å². The summed E-state index contributed by atoms with van der Waals surface area (Å²) in [5.74, 6) is 2.02. The van der Waals surface area contributed by atoms with Gasteiger partial charge in [-0.15, -0.1) is 0 Å². The van der Waals surface area contributed by atoms with Gasteiger partial charge in [-0.25, -0.2) is 0 Å². The Morgan fingerprint density at radius 2 is 2.00 bits per heavy atom. The Balaban J connectivity index is 1.35. The molecule has 7 nitrogen and oxygen atoms in total. The molecule has 0 saturated heterocycles. The first-order chi connectivity index (χ1) is 13.7. The van der Waals surface area contributed by atoms with Gasteiger partial charge in [-0.05, 0) is 43.3 Å². The first-order valence-corrected chi connectivity index (χ1v) is 9.16. The minimum atomic E-state index is -0.200. The van der Waals surface area contributed by atoms with E-state index in [0.29, 0.717) is 31.0 Å². The highest BCUT2D eigenvalue weighted by atomic mass is 16.6. The van der Waals surface area contributed by atoms with Crippen LogP contribution >= 0.6 is 0 Å². The van der Waals surface area contributed by atoms with E-state index in [0.717, 1.165) is 17.2 Å². The van der Waals surface area contributed by atoms with Gasteiger partial charge < -0.3 is 19.5 Å². The van der Waals surface area contributed by atoms with Gasteiger partial charge in [-0.3, -0.25) is 9.48 Å². The van der Waals surface area contributed by atoms with Gasteiger partial charge in [0.05, 0.1) is 25.0 Å². The molecule has 4 rings (SSSR count). The maximum atomic E-state index is 12.4. The molecule has 1 amide bonds. The summed E-state index contributed by atoms with van der Waals surface area (Å²) in [6, 6.07) is 14.6. The molecular formula is C21H21N3O4. The summed E-state index contributed by atoms with van der Waals surface area (Å²) < 4.78 is 18.8. The molecule has 2 aromatic carbocycles. The third-order valence-electron chi connectivity index (χ3n) is 4.28. The molecule has 0 fully saturated rings. The third-order valence-corrected chi connectivity index (χ3v) is 4.28. The molecule has 0 aliphatic carbocycles. The Morgan fingerprint density at radius 3 is 2.79 bits per heavy atom. The number of anilines is 1. The van der Waals surface area contributed by atoms with Crippen LogP contribution < -0.4 is 19.5 Å². The van der Waals surface area contributed by atoms with Crippen LogP contribution in [0.3, 0.4) is 0 Å². The molecule has 0 spiro atoms. The van der Waals surface area contributed by atoms with Crippen molar-refractivity contribution in [3.63, 3.8) is 0 Å². The summed E-state index contributed by atoms with van der Waals surface area (Å²) in [6.45, 7) is 3.48. The molecule has 0 bridgehead atoms. The second-order valence-corrected chi connectivity index (χ2v) is 6.36. The van der Waals surface area contributed by atoms with Crippen LogP contribution in [0.25, 0.3) is 0 Å². The average molecular weight is 379 g/mol. The van der Waals surface area contributed by atoms with E-state index in [1.54, 1.807) is 41.3 Å². The molecule has 28 heavy (non-hydrogen) atoms. The molecule has 0 saturated carbocycles. The quantitative estimate of drug-likeness (QED) is 0.711. The number of para-hydroxylation sites is 2. The molecule has 2 heterocycles. The van der Waals surface area contributed by atoms with E-state index in [1.165, 1.54) is 0 Å². The molecule has 1 unspecified atom stereocenters. The highest BCUT2D eigenvalue weighted by Crippen LogP contribution is 2.31. The lowest BCUT2D eigenvalue weighted by molar-refractivity contribution is 0.0759. The summed E-state index contributed by atoms with van der Waals surface area (Å²) in [6.07, 6.45) is 3.24. The van der Waals surface area contributed by atoms with Gasteiger partial charge in [0, 0.05) is 11.8 Å². The molecule has 7 heteroatoms. The molecule has 144 valence electrons. The lowest BCUT2D eigenvalue weighted by atomic mass is 10.2. The minimum Gasteiger partial charge on any atom is -0.494 e. The largest absolute Gasteiger partial charge is 0.494 e. The smallest absolute Gasteiger partial charge is 0.255 e. The topological polar surface area (TPSA) is 74.6 Å². The fourth-order valence-corrected chi connectivity index (χ4v) is 2.96. The summed E-state index contributed by atoms with van der Waals surface area (Å²) in [7, 11) is 0. The van der Waals surface area contributed by atoms with Crippen LogP contribution in [0, 0.1) is 0 Å². The van der Waals surface area contributed by atoms with Crippen molar-refractivity contribution < 1.29 is 19.0 Å². The van der Waals surface area contributed by atoms with Crippen molar-refractivity contribution in [3.05, 3.63) is 66.5 Å². The van der Waals surface area contributed by atoms with Gasteiger partial charge in [0.25, 0.3) is 5.91 Å². The van der Waals surface area contributed by atoms with Gasteiger partial charge >= 0.3 is 0 Å². The van der Waals surface area contributed by atoms with E-state index in [9.17, 15) is 4.79 Å². The number of aromatic nitrogens is 2. The highest BCUT2D eigenvalue weighted by Gasteiger charge is 2.21. The number of fused-ring (bicyclic) bond motifs is 1. The van der Waals surface area contributed by atoms with Crippen molar-refractivity contribution in [2.24, 2.45) is 0 Å². The lowest BCUT2D eigenvalue weighted by Gasteiger charge is -2.26. The van der Waals surface area contributed by atoms with E-state index in [-0.39, 0.29) is 12.0 Å². The van der Waals surface area contributed by atoms with E-state index in [2.05, 4.69) is 10.4 Å². The number of ether oxygens (including phenoxy) is 3. The molecular weight excluding hydrogens is 358 g/mol. The number of amides is 1. The van der Waals surface area contributed by atoms with E-state index < -0.39 is 0 Å². The number of benzene rings is 2. The number of hydrogen-bond acceptors (Lipinski definition) is 5. The average Bonchev–Trinajstić information content (AvgIpc) is 3.15. The molecule has 1 atom stereocenters. The van der Waals surface area contributed by atoms with Crippen molar-refractivity contribution in [1.29, 1.82) is 0 Å². The first kappa shape index (κ1) is 17.9. The number of rotatable bonds is 6. The summed E-state index contributed by atoms with van der Waals surface area (Å²) in [4.78, 5) is 12.4. The van der Waals surface area contributed by atoms with Crippen molar-refractivity contribution in [1.82, 2.24) is 9.78 Å². The molecule has 1 aliphatic heterocycles. The number of hydrogen-bond donors (Lipinski definition) is 1. The van der Waals surface area contributed by atoms with Crippen LogP contribution in [0.15, 0.2) is 60.9 Å². The zero-order valence-corrected chi connectivity index (χ0v) is 15.5. The predicted octanol–water partition coefficient (Wildman–Crippen LogP) is 3.37. The summed E-state index contributed by atoms with van der Waals surface area (Å²) in [5, 5.41) is 7.15. The second kappa shape index (κ2) is 8.04. The van der Waals surface area contributed by atoms with Crippen LogP contribution in [0.4, 0.5) is 5.69 Å². The van der Waals surface area contributed by atoms with Crippen LogP contribution in [0.2, 0.25) is 0 Å². The number of nitrogens with one attached hydrogen (secondary N) is 1. The number of carbonyl (C=O) groups is 1. The molecule has 0 radical (unpaired) electrons. The minimum absolute atomic E-state index is 0.149. The second-order valence-electron chi connectivity index (χ2n) is 6.36. The predicted molar refractivity (Wildman–Crippen MR) is 104 cm³/mol. The lowest BCUT2D eigenvalue weighted by Crippen LogP contribution is -2.33. The fraction of sp³-hybridized carbons (Fsp3) is 0.238. The molecule has 1 N–H and O–H groups in total. The van der Waals surface area contributed by atoms with Gasteiger partial charge in [-0.2, -0.15) is 5.10 Å². The van der Waals surface area contributed by atoms with Gasteiger partial charge in [0.15, 0.2) is 17.6 Å². The fourth-order valence-electron chi connectivity index (χ4n) is 2.96. The monoisotopic (exact) mass is 379 g/mol. The Labute approximate surface area is 162 Å². The maximum absolute atomic E-state index is 12.4. The first-order valence-electron chi connectivity index (χ1n) is 9.16. The van der Waals surface area contributed by atoms with Crippen LogP contribution in [-0.2, 0) is 6.54 Å². The van der Waals surface area contributed by atoms with Crippen molar-refractivity contribution in [2.45, 2.75) is 19.6 Å². The number of carbonyl (C=O) groups excluding carboxylic acids is 1. The molecule has 1 aromatic heterocycles. The Bertz CT molecular complexity index is 952. The van der Waals surface area contributed by atoms with E-state index >= 15 is 0 Å². The van der Waals surface area contributed by atoms with Crippen molar-refractivity contribution in [2.75, 3.05) is 18.5 Å². The Morgan fingerprint density at radius 1 is 1.21 bits per heavy atom. The van der Waals surface area contributed by atoms with Crippen LogP contribution in [0.5, 0.6) is 17.2 Å². The zero-order valence-electron chi connectivity index (χ0n) is 15.5. The third kappa shape index (κ3) is 4.09. The molecule has 3 aromatic rings. The maximum Gasteiger partial charge on any atom is 0.255 e. The van der Waals surface area contributed by atoms with Gasteiger partial charge in [0.1, 0.15) is 12.4 Å². The highest BCUT2D eigenvalue weighted by molar-refractivity contribution is 6.04. The molecule has 1 aliphatic rings. The summed E-state index contributed by atoms with van der Waals surface area (Å²) >= 11 is 0. The van der Waals surface area contributed by atoms with E-state index in [1.807, 2.05) is 31.2 Å². The van der Waals surface area contributed by atoms with Crippen molar-refractivity contribution >= 4 is 11.6 Å². The van der Waals surface area contributed by atoms with Crippen molar-refractivity contribution in [3.8, 4) is 17.2 Å².